The van der Waals surface area contributed by atoms with Crippen molar-refractivity contribution in [3.63, 3.8) is 0 Å². The zero-order chi connectivity index (χ0) is 13.7. The van der Waals surface area contributed by atoms with E-state index in [0.717, 1.165) is 5.92 Å². The molecule has 1 unspecified atom stereocenters. The van der Waals surface area contributed by atoms with Gasteiger partial charge in [0, 0.05) is 6.04 Å². The van der Waals surface area contributed by atoms with Gasteiger partial charge in [-0.05, 0) is 62.7 Å². The van der Waals surface area contributed by atoms with Gasteiger partial charge in [0.1, 0.15) is 0 Å². The van der Waals surface area contributed by atoms with Crippen molar-refractivity contribution < 1.29 is 0 Å². The highest BCUT2D eigenvalue weighted by Gasteiger charge is 2.32. The topological polar surface area (TPSA) is 38.0 Å². The zero-order valence-electron chi connectivity index (χ0n) is 12.9. The molecule has 2 rings (SSSR count). The molecular weight excluding hydrogens is 232 g/mol. The molecule has 0 saturated heterocycles. The summed E-state index contributed by atoms with van der Waals surface area (Å²) in [6.07, 6.45) is 15.9. The Bertz CT molecular complexity index is 296. The number of hydrogen-bond acceptors (Lipinski definition) is 2. The van der Waals surface area contributed by atoms with Crippen molar-refractivity contribution in [1.29, 1.82) is 0 Å². The quantitative estimate of drug-likeness (QED) is 0.453. The van der Waals surface area contributed by atoms with Crippen molar-refractivity contribution in [2.24, 2.45) is 17.2 Å². The Morgan fingerprint density at radius 1 is 1.16 bits per heavy atom. The van der Waals surface area contributed by atoms with E-state index < -0.39 is 0 Å². The molecule has 2 aliphatic rings. The second kappa shape index (κ2) is 6.90. The van der Waals surface area contributed by atoms with Crippen molar-refractivity contribution in [3.05, 3.63) is 11.6 Å². The highest BCUT2D eigenvalue weighted by atomic mass is 15.2. The van der Waals surface area contributed by atoms with Gasteiger partial charge in [0.15, 0.2) is 0 Å². The van der Waals surface area contributed by atoms with Gasteiger partial charge in [-0.25, -0.2) is 0 Å². The third-order valence-electron chi connectivity index (χ3n) is 5.26. The normalized spacial score (nSPS) is 27.2. The van der Waals surface area contributed by atoms with Gasteiger partial charge in [0.05, 0.1) is 0 Å². The Morgan fingerprint density at radius 3 is 2.53 bits per heavy atom. The minimum Gasteiger partial charge on any atom is -0.271 e. The van der Waals surface area contributed by atoms with Gasteiger partial charge in [-0.3, -0.25) is 11.3 Å². The fourth-order valence-electron chi connectivity index (χ4n) is 3.80. The first kappa shape index (κ1) is 15.1. The zero-order valence-corrected chi connectivity index (χ0v) is 12.9. The molecule has 3 N–H and O–H groups in total. The Labute approximate surface area is 119 Å². The molecule has 0 aromatic rings. The summed E-state index contributed by atoms with van der Waals surface area (Å²) >= 11 is 0. The van der Waals surface area contributed by atoms with E-state index in [2.05, 4.69) is 25.3 Å². The monoisotopic (exact) mass is 264 g/mol. The summed E-state index contributed by atoms with van der Waals surface area (Å²) in [5, 5.41) is 0. The van der Waals surface area contributed by atoms with Gasteiger partial charge >= 0.3 is 0 Å². The van der Waals surface area contributed by atoms with Crippen LogP contribution in [0.2, 0.25) is 0 Å². The second-order valence-electron chi connectivity index (χ2n) is 7.38. The number of hydrazine groups is 1. The van der Waals surface area contributed by atoms with Crippen LogP contribution in [0.3, 0.4) is 0 Å². The summed E-state index contributed by atoms with van der Waals surface area (Å²) in [7, 11) is 0. The van der Waals surface area contributed by atoms with Crippen LogP contribution in [-0.4, -0.2) is 6.04 Å². The van der Waals surface area contributed by atoms with Gasteiger partial charge in [-0.2, -0.15) is 0 Å². The smallest absolute Gasteiger partial charge is 0.0448 e. The number of rotatable bonds is 3. The van der Waals surface area contributed by atoms with E-state index in [1.807, 2.05) is 0 Å². The van der Waals surface area contributed by atoms with E-state index >= 15 is 0 Å². The molecule has 110 valence electrons. The lowest BCUT2D eigenvalue weighted by Gasteiger charge is -2.39. The van der Waals surface area contributed by atoms with E-state index in [0.29, 0.717) is 11.5 Å². The lowest BCUT2D eigenvalue weighted by molar-refractivity contribution is 0.169. The maximum atomic E-state index is 5.90. The SMILES string of the molecule is CC1(C)CCC(C(NN)C2=CCCCCCC2)CC1. The molecule has 0 bridgehead atoms. The molecule has 2 heteroatoms. The maximum absolute atomic E-state index is 5.90. The molecule has 0 heterocycles. The van der Waals surface area contributed by atoms with E-state index in [1.165, 1.54) is 64.2 Å². The van der Waals surface area contributed by atoms with E-state index in [9.17, 15) is 0 Å². The lowest BCUT2D eigenvalue weighted by Crippen LogP contribution is -2.44. The van der Waals surface area contributed by atoms with Crippen molar-refractivity contribution >= 4 is 0 Å². The fourth-order valence-corrected chi connectivity index (χ4v) is 3.80. The molecule has 1 saturated carbocycles. The summed E-state index contributed by atoms with van der Waals surface area (Å²) in [5.74, 6) is 6.65. The maximum Gasteiger partial charge on any atom is 0.0448 e. The highest BCUT2D eigenvalue weighted by molar-refractivity contribution is 5.13. The van der Waals surface area contributed by atoms with Crippen molar-refractivity contribution in [3.8, 4) is 0 Å². The van der Waals surface area contributed by atoms with Crippen molar-refractivity contribution in [1.82, 2.24) is 5.43 Å². The Balaban J connectivity index is 1.98. The summed E-state index contributed by atoms with van der Waals surface area (Å²) in [6.45, 7) is 4.81. The molecule has 19 heavy (non-hydrogen) atoms. The highest BCUT2D eigenvalue weighted by Crippen LogP contribution is 2.40. The molecule has 1 fully saturated rings. The third-order valence-corrected chi connectivity index (χ3v) is 5.26. The molecule has 1 atom stereocenters. The minimum atomic E-state index is 0.439. The molecular formula is C17H32N2. The first-order chi connectivity index (χ1) is 9.12. The van der Waals surface area contributed by atoms with Crippen LogP contribution < -0.4 is 11.3 Å². The lowest BCUT2D eigenvalue weighted by atomic mass is 9.69. The predicted molar refractivity (Wildman–Crippen MR) is 82.6 cm³/mol. The van der Waals surface area contributed by atoms with Crippen LogP contribution in [0.15, 0.2) is 11.6 Å². The van der Waals surface area contributed by atoms with Crippen LogP contribution in [0, 0.1) is 11.3 Å². The van der Waals surface area contributed by atoms with Crippen LogP contribution in [0.25, 0.3) is 0 Å². The molecule has 0 amide bonds. The molecule has 0 aromatic heterocycles. The van der Waals surface area contributed by atoms with Gasteiger partial charge in [0.2, 0.25) is 0 Å². The molecule has 2 nitrogen and oxygen atoms in total. The van der Waals surface area contributed by atoms with E-state index in [1.54, 1.807) is 5.57 Å². The molecule has 0 aliphatic heterocycles. The van der Waals surface area contributed by atoms with Gasteiger partial charge in [-0.15, -0.1) is 0 Å². The number of nitrogens with two attached hydrogens (primary N) is 1. The number of nitrogens with one attached hydrogen (secondary N) is 1. The molecule has 0 spiro atoms. The standard InChI is InChI=1S/C17H32N2/c1-17(2)12-10-15(11-13-17)16(19-18)14-8-6-4-3-5-7-9-14/h8,15-16,19H,3-7,9-13,18H2,1-2H3. The average Bonchev–Trinajstić information content (AvgIpc) is 2.34. The third kappa shape index (κ3) is 4.32. The van der Waals surface area contributed by atoms with Crippen LogP contribution >= 0.6 is 0 Å². The Kier molecular flexibility index (Phi) is 5.47. The van der Waals surface area contributed by atoms with Crippen molar-refractivity contribution in [2.45, 2.75) is 84.1 Å². The van der Waals surface area contributed by atoms with Crippen LogP contribution in [0.4, 0.5) is 0 Å². The van der Waals surface area contributed by atoms with Crippen LogP contribution in [-0.2, 0) is 0 Å². The second-order valence-corrected chi connectivity index (χ2v) is 7.38. The average molecular weight is 264 g/mol. The summed E-state index contributed by atoms with van der Waals surface area (Å²) in [5.41, 5.74) is 5.30. The summed E-state index contributed by atoms with van der Waals surface area (Å²) < 4.78 is 0. The van der Waals surface area contributed by atoms with Crippen LogP contribution in [0.1, 0.15) is 78.1 Å². The van der Waals surface area contributed by atoms with Gasteiger partial charge in [-0.1, -0.05) is 38.3 Å². The Morgan fingerprint density at radius 2 is 1.84 bits per heavy atom. The first-order valence-electron chi connectivity index (χ1n) is 8.27. The van der Waals surface area contributed by atoms with E-state index in [-0.39, 0.29) is 0 Å². The number of allylic oxidation sites excluding steroid dienone is 1. The summed E-state index contributed by atoms with van der Waals surface area (Å²) in [4.78, 5) is 0. The molecule has 0 aromatic carbocycles. The number of hydrogen-bond donors (Lipinski definition) is 2. The molecule has 2 aliphatic carbocycles. The van der Waals surface area contributed by atoms with E-state index in [4.69, 9.17) is 5.84 Å². The van der Waals surface area contributed by atoms with Gasteiger partial charge in [0.25, 0.3) is 0 Å². The first-order valence-corrected chi connectivity index (χ1v) is 8.27. The van der Waals surface area contributed by atoms with Crippen LogP contribution in [0.5, 0.6) is 0 Å². The summed E-state index contributed by atoms with van der Waals surface area (Å²) in [6, 6.07) is 0.439. The molecule has 0 radical (unpaired) electrons. The minimum absolute atomic E-state index is 0.439. The predicted octanol–water partition coefficient (Wildman–Crippen LogP) is 4.32. The van der Waals surface area contributed by atoms with Crippen molar-refractivity contribution in [2.75, 3.05) is 0 Å². The fraction of sp³-hybridized carbons (Fsp3) is 0.882. The Hall–Kier alpha value is -0.340. The van der Waals surface area contributed by atoms with Gasteiger partial charge < -0.3 is 0 Å². The largest absolute Gasteiger partial charge is 0.271 e.